The summed E-state index contributed by atoms with van der Waals surface area (Å²) in [6, 6.07) is 5.58. The molecule has 0 radical (unpaired) electrons. The van der Waals surface area contributed by atoms with Crippen molar-refractivity contribution >= 4 is 11.8 Å². The van der Waals surface area contributed by atoms with E-state index in [9.17, 15) is 9.59 Å². The van der Waals surface area contributed by atoms with E-state index in [2.05, 4.69) is 5.32 Å². The Morgan fingerprint density at radius 2 is 2.12 bits per heavy atom. The van der Waals surface area contributed by atoms with E-state index in [1.54, 1.807) is 13.2 Å². The molecule has 0 bridgehead atoms. The zero-order chi connectivity index (χ0) is 12.1. The lowest BCUT2D eigenvalue weighted by molar-refractivity contribution is -0.137. The second-order valence-corrected chi connectivity index (χ2v) is 3.36. The third kappa shape index (κ3) is 2.98. The molecule has 16 heavy (non-hydrogen) atoms. The molecule has 0 saturated carbocycles. The van der Waals surface area contributed by atoms with Gasteiger partial charge in [0.25, 0.3) is 0 Å². The summed E-state index contributed by atoms with van der Waals surface area (Å²) in [4.78, 5) is 21.5. The van der Waals surface area contributed by atoms with Gasteiger partial charge >= 0.3 is 11.8 Å². The molecule has 0 aliphatic rings. The Balaban J connectivity index is 2.76. The molecule has 0 unspecified atom stereocenters. The van der Waals surface area contributed by atoms with Crippen LogP contribution in [0.4, 0.5) is 0 Å². The fraction of sp³-hybridized carbons (Fsp3) is 0.273. The summed E-state index contributed by atoms with van der Waals surface area (Å²) in [5, 5.41) is 2.41. The van der Waals surface area contributed by atoms with E-state index in [1.807, 2.05) is 19.1 Å². The second-order valence-electron chi connectivity index (χ2n) is 3.36. The third-order valence-corrected chi connectivity index (χ3v) is 2.10. The van der Waals surface area contributed by atoms with E-state index in [4.69, 9.17) is 10.5 Å². The van der Waals surface area contributed by atoms with Crippen molar-refractivity contribution in [1.82, 2.24) is 5.32 Å². The molecule has 5 nitrogen and oxygen atoms in total. The van der Waals surface area contributed by atoms with Crippen LogP contribution < -0.4 is 15.8 Å². The Hall–Kier alpha value is -2.04. The van der Waals surface area contributed by atoms with Gasteiger partial charge in [0, 0.05) is 12.1 Å². The molecule has 0 aromatic heterocycles. The number of primary amides is 1. The van der Waals surface area contributed by atoms with Crippen molar-refractivity contribution in [3.63, 3.8) is 0 Å². The van der Waals surface area contributed by atoms with Crippen LogP contribution in [0.25, 0.3) is 0 Å². The zero-order valence-electron chi connectivity index (χ0n) is 9.24. The first kappa shape index (κ1) is 12.0. The molecule has 0 spiro atoms. The summed E-state index contributed by atoms with van der Waals surface area (Å²) in [6.07, 6.45) is 0. The van der Waals surface area contributed by atoms with Crippen molar-refractivity contribution in [3.05, 3.63) is 29.3 Å². The molecule has 1 aromatic rings. The maximum absolute atomic E-state index is 11.0. The number of hydrogen-bond acceptors (Lipinski definition) is 3. The fourth-order valence-electron chi connectivity index (χ4n) is 1.31. The van der Waals surface area contributed by atoms with Gasteiger partial charge in [-0.2, -0.15) is 0 Å². The Kier molecular flexibility index (Phi) is 3.88. The number of carbonyl (C=O) groups is 2. The van der Waals surface area contributed by atoms with E-state index in [0.29, 0.717) is 5.75 Å². The molecule has 0 aliphatic carbocycles. The van der Waals surface area contributed by atoms with Gasteiger partial charge in [-0.25, -0.2) is 0 Å². The minimum atomic E-state index is -0.994. The van der Waals surface area contributed by atoms with Crippen LogP contribution in [0.3, 0.4) is 0 Å². The average Bonchev–Trinajstić information content (AvgIpc) is 2.25. The lowest BCUT2D eigenvalue weighted by Crippen LogP contribution is -2.35. The highest BCUT2D eigenvalue weighted by Crippen LogP contribution is 2.19. The van der Waals surface area contributed by atoms with Crippen LogP contribution in [0.2, 0.25) is 0 Å². The summed E-state index contributed by atoms with van der Waals surface area (Å²) in [6.45, 7) is 2.14. The first-order valence-electron chi connectivity index (χ1n) is 4.75. The molecule has 0 fully saturated rings. The van der Waals surface area contributed by atoms with Gasteiger partial charge in [0.15, 0.2) is 0 Å². The molecular formula is C11H14N2O3. The Bertz CT molecular complexity index is 416. The summed E-state index contributed by atoms with van der Waals surface area (Å²) in [7, 11) is 1.55. The molecule has 0 aliphatic heterocycles. The Labute approximate surface area is 93.6 Å². The van der Waals surface area contributed by atoms with Crippen LogP contribution in [-0.4, -0.2) is 18.9 Å². The van der Waals surface area contributed by atoms with Gasteiger partial charge in [-0.3, -0.25) is 9.59 Å². The number of aryl methyl sites for hydroxylation is 1. The van der Waals surface area contributed by atoms with Crippen LogP contribution in [0.1, 0.15) is 11.1 Å². The van der Waals surface area contributed by atoms with Gasteiger partial charge in [0.05, 0.1) is 7.11 Å². The van der Waals surface area contributed by atoms with Crippen molar-refractivity contribution in [2.24, 2.45) is 5.73 Å². The highest BCUT2D eigenvalue weighted by molar-refractivity contribution is 6.34. The summed E-state index contributed by atoms with van der Waals surface area (Å²) in [5.41, 5.74) is 6.67. The smallest absolute Gasteiger partial charge is 0.309 e. The standard InChI is InChI=1S/C11H14N2O3/c1-7-3-4-9(16-2)8(5-7)6-13-11(15)10(12)14/h3-5H,6H2,1-2H3,(H2,12,14)(H,13,15). The van der Waals surface area contributed by atoms with Crippen molar-refractivity contribution in [1.29, 1.82) is 0 Å². The van der Waals surface area contributed by atoms with Crippen LogP contribution in [0, 0.1) is 6.92 Å². The number of ether oxygens (including phenoxy) is 1. The van der Waals surface area contributed by atoms with E-state index < -0.39 is 11.8 Å². The lowest BCUT2D eigenvalue weighted by atomic mass is 10.1. The van der Waals surface area contributed by atoms with Crippen molar-refractivity contribution < 1.29 is 14.3 Å². The number of rotatable bonds is 3. The average molecular weight is 222 g/mol. The number of nitrogens with two attached hydrogens (primary N) is 1. The molecule has 86 valence electrons. The molecule has 1 rings (SSSR count). The molecular weight excluding hydrogens is 208 g/mol. The maximum Gasteiger partial charge on any atom is 0.309 e. The van der Waals surface area contributed by atoms with E-state index in [-0.39, 0.29) is 6.54 Å². The SMILES string of the molecule is COc1ccc(C)cc1CNC(=O)C(N)=O. The first-order valence-corrected chi connectivity index (χ1v) is 4.75. The number of nitrogens with one attached hydrogen (secondary N) is 1. The normalized spacial score (nSPS) is 9.62. The number of amides is 2. The quantitative estimate of drug-likeness (QED) is 0.712. The molecule has 3 N–H and O–H groups in total. The van der Waals surface area contributed by atoms with Crippen molar-refractivity contribution in [2.45, 2.75) is 13.5 Å². The molecule has 5 heteroatoms. The van der Waals surface area contributed by atoms with Gasteiger partial charge in [0.2, 0.25) is 0 Å². The number of methoxy groups -OCH3 is 1. The fourth-order valence-corrected chi connectivity index (χ4v) is 1.31. The highest BCUT2D eigenvalue weighted by atomic mass is 16.5. The molecule has 1 aromatic carbocycles. The van der Waals surface area contributed by atoms with Crippen LogP contribution >= 0.6 is 0 Å². The molecule has 0 saturated heterocycles. The maximum atomic E-state index is 11.0. The summed E-state index contributed by atoms with van der Waals surface area (Å²) >= 11 is 0. The van der Waals surface area contributed by atoms with E-state index >= 15 is 0 Å². The predicted molar refractivity (Wildman–Crippen MR) is 58.8 cm³/mol. The van der Waals surface area contributed by atoms with Gasteiger partial charge in [-0.1, -0.05) is 17.7 Å². The minimum Gasteiger partial charge on any atom is -0.496 e. The van der Waals surface area contributed by atoms with E-state index in [0.717, 1.165) is 11.1 Å². The largest absolute Gasteiger partial charge is 0.496 e. The van der Waals surface area contributed by atoms with Crippen molar-refractivity contribution in [2.75, 3.05) is 7.11 Å². The third-order valence-electron chi connectivity index (χ3n) is 2.10. The zero-order valence-corrected chi connectivity index (χ0v) is 9.24. The second kappa shape index (κ2) is 5.16. The van der Waals surface area contributed by atoms with Gasteiger partial charge in [-0.15, -0.1) is 0 Å². The Morgan fingerprint density at radius 3 is 2.69 bits per heavy atom. The predicted octanol–water partition coefficient (Wildman–Crippen LogP) is 0.105. The van der Waals surface area contributed by atoms with E-state index in [1.165, 1.54) is 0 Å². The van der Waals surface area contributed by atoms with Crippen molar-refractivity contribution in [3.8, 4) is 5.75 Å². The van der Waals surface area contributed by atoms with Gasteiger partial charge in [-0.05, 0) is 13.0 Å². The van der Waals surface area contributed by atoms with Gasteiger partial charge in [0.1, 0.15) is 5.75 Å². The number of benzene rings is 1. The molecule has 0 heterocycles. The highest BCUT2D eigenvalue weighted by Gasteiger charge is 2.09. The van der Waals surface area contributed by atoms with Gasteiger partial charge < -0.3 is 15.8 Å². The number of hydrogen-bond donors (Lipinski definition) is 2. The summed E-state index contributed by atoms with van der Waals surface area (Å²) < 4.78 is 5.13. The monoisotopic (exact) mass is 222 g/mol. The molecule has 0 atom stereocenters. The van der Waals surface area contributed by atoms with Crippen LogP contribution in [0.15, 0.2) is 18.2 Å². The lowest BCUT2D eigenvalue weighted by Gasteiger charge is -2.09. The molecule has 2 amide bonds. The Morgan fingerprint density at radius 1 is 1.44 bits per heavy atom. The minimum absolute atomic E-state index is 0.215. The number of carbonyl (C=O) groups excluding carboxylic acids is 2. The summed E-state index contributed by atoms with van der Waals surface area (Å²) in [5.74, 6) is -1.13. The van der Waals surface area contributed by atoms with Crippen LogP contribution in [0.5, 0.6) is 5.75 Å². The van der Waals surface area contributed by atoms with Crippen LogP contribution in [-0.2, 0) is 16.1 Å². The topological polar surface area (TPSA) is 81.4 Å². The first-order chi connectivity index (χ1) is 7.54.